The van der Waals surface area contributed by atoms with Gasteiger partial charge in [-0.2, -0.15) is 0 Å². The fraction of sp³-hybridized carbons (Fsp3) is 0.0233. The molecule has 1 spiro atoms. The van der Waals surface area contributed by atoms with Crippen LogP contribution in [0.1, 0.15) is 22.3 Å². The van der Waals surface area contributed by atoms with Crippen LogP contribution in [0.15, 0.2) is 164 Å². The molecule has 2 heterocycles. The van der Waals surface area contributed by atoms with Crippen molar-refractivity contribution in [2.75, 3.05) is 4.90 Å². The number of anilines is 3. The van der Waals surface area contributed by atoms with E-state index in [1.165, 1.54) is 59.2 Å². The van der Waals surface area contributed by atoms with E-state index in [2.05, 4.69) is 169 Å². The van der Waals surface area contributed by atoms with Gasteiger partial charge in [0.05, 0.1) is 15.8 Å². The number of hydrogen-bond acceptors (Lipinski definition) is 3. The van der Waals surface area contributed by atoms with Gasteiger partial charge >= 0.3 is 0 Å². The lowest BCUT2D eigenvalue weighted by Crippen LogP contribution is -2.32. The largest absolute Gasteiger partial charge is 0.457 e. The lowest BCUT2D eigenvalue weighted by Gasteiger charge is -2.39. The van der Waals surface area contributed by atoms with Gasteiger partial charge in [-0.15, -0.1) is 11.3 Å². The number of rotatable bonds is 3. The third-order valence-electron chi connectivity index (χ3n) is 9.72. The Kier molecular flexibility index (Phi) is 5.40. The number of benzene rings is 7. The van der Waals surface area contributed by atoms with E-state index in [9.17, 15) is 0 Å². The monoisotopic (exact) mass is 605 g/mol. The molecular weight excluding hydrogens is 579 g/mol. The minimum atomic E-state index is -0.468. The Labute approximate surface area is 271 Å². The molecule has 2 aliphatic rings. The van der Waals surface area contributed by atoms with E-state index >= 15 is 0 Å². The minimum absolute atomic E-state index is 0.468. The maximum atomic E-state index is 6.83. The quantitative estimate of drug-likeness (QED) is 0.199. The lowest BCUT2D eigenvalue weighted by atomic mass is 9.66. The Bertz CT molecular complexity index is 2380. The van der Waals surface area contributed by atoms with Gasteiger partial charge in [0.15, 0.2) is 0 Å². The molecule has 0 N–H and O–H groups in total. The van der Waals surface area contributed by atoms with Crippen molar-refractivity contribution in [1.82, 2.24) is 0 Å². The molecule has 10 rings (SSSR count). The Morgan fingerprint density at radius 3 is 1.72 bits per heavy atom. The summed E-state index contributed by atoms with van der Waals surface area (Å²) in [5.41, 5.74) is 10.6. The van der Waals surface area contributed by atoms with Crippen molar-refractivity contribution in [2.24, 2.45) is 0 Å². The molecule has 0 saturated heterocycles. The molecule has 1 aromatic heterocycles. The molecule has 1 aliphatic heterocycles. The van der Waals surface area contributed by atoms with E-state index in [1.807, 2.05) is 11.3 Å². The first-order chi connectivity index (χ1) is 22.8. The van der Waals surface area contributed by atoms with Gasteiger partial charge in [0.1, 0.15) is 11.5 Å². The number of fused-ring (bicyclic) bond motifs is 12. The number of para-hydroxylation sites is 3. The summed E-state index contributed by atoms with van der Waals surface area (Å²) in [5, 5.41) is 2.46. The van der Waals surface area contributed by atoms with Gasteiger partial charge in [0, 0.05) is 38.0 Å². The standard InChI is InChI=1S/C43H27NOS/c1-3-14-28(15-4-1)44(29-16-5-2-6-17-29)38-24-13-20-32-33-26-40-37(27-41(33)46-42(32)38)43(36-23-11-12-25-39(36)45-40)34-21-9-7-18-30(34)31-19-8-10-22-35(31)43/h1-27H. The molecule has 3 heteroatoms. The Morgan fingerprint density at radius 2 is 1.04 bits per heavy atom. The van der Waals surface area contributed by atoms with Gasteiger partial charge in [0.2, 0.25) is 0 Å². The molecule has 216 valence electrons. The highest BCUT2D eigenvalue weighted by Gasteiger charge is 2.51. The Hall–Kier alpha value is -5.64. The summed E-state index contributed by atoms with van der Waals surface area (Å²) in [5.74, 6) is 1.84. The zero-order chi connectivity index (χ0) is 30.2. The molecule has 0 amide bonds. The highest BCUT2D eigenvalue weighted by molar-refractivity contribution is 7.26. The lowest BCUT2D eigenvalue weighted by molar-refractivity contribution is 0.437. The van der Waals surface area contributed by atoms with Crippen molar-refractivity contribution in [1.29, 1.82) is 0 Å². The Morgan fingerprint density at radius 1 is 0.457 bits per heavy atom. The van der Waals surface area contributed by atoms with Crippen LogP contribution in [0.4, 0.5) is 17.1 Å². The van der Waals surface area contributed by atoms with Gasteiger partial charge in [-0.25, -0.2) is 0 Å². The summed E-state index contributed by atoms with van der Waals surface area (Å²) < 4.78 is 9.34. The van der Waals surface area contributed by atoms with Crippen LogP contribution in [-0.4, -0.2) is 0 Å². The Balaban J connectivity index is 1.28. The third-order valence-corrected chi connectivity index (χ3v) is 10.9. The van der Waals surface area contributed by atoms with Crippen molar-refractivity contribution >= 4 is 48.6 Å². The zero-order valence-electron chi connectivity index (χ0n) is 24.9. The van der Waals surface area contributed by atoms with Gasteiger partial charge in [-0.05, 0) is 70.8 Å². The second-order valence-electron chi connectivity index (χ2n) is 12.0. The summed E-state index contributed by atoms with van der Waals surface area (Å²) in [6.07, 6.45) is 0. The topological polar surface area (TPSA) is 12.5 Å². The van der Waals surface area contributed by atoms with Crippen molar-refractivity contribution in [3.8, 4) is 22.6 Å². The fourth-order valence-corrected chi connectivity index (χ4v) is 9.12. The predicted molar refractivity (Wildman–Crippen MR) is 191 cm³/mol. The molecule has 0 fully saturated rings. The van der Waals surface area contributed by atoms with E-state index in [0.717, 1.165) is 22.9 Å². The predicted octanol–water partition coefficient (Wildman–Crippen LogP) is 12.0. The molecule has 7 aromatic carbocycles. The van der Waals surface area contributed by atoms with Crippen molar-refractivity contribution in [3.05, 3.63) is 186 Å². The van der Waals surface area contributed by atoms with Crippen LogP contribution >= 0.6 is 11.3 Å². The van der Waals surface area contributed by atoms with E-state index in [0.29, 0.717) is 0 Å². The number of nitrogens with zero attached hydrogens (tertiary/aromatic N) is 1. The highest BCUT2D eigenvalue weighted by Crippen LogP contribution is 2.63. The summed E-state index contributed by atoms with van der Waals surface area (Å²) in [4.78, 5) is 2.37. The summed E-state index contributed by atoms with van der Waals surface area (Å²) >= 11 is 1.87. The third kappa shape index (κ3) is 3.41. The molecule has 46 heavy (non-hydrogen) atoms. The molecule has 0 bridgehead atoms. The molecule has 0 radical (unpaired) electrons. The van der Waals surface area contributed by atoms with Crippen LogP contribution in [0, 0.1) is 0 Å². The van der Waals surface area contributed by atoms with Crippen LogP contribution < -0.4 is 9.64 Å². The molecule has 0 atom stereocenters. The highest BCUT2D eigenvalue weighted by atomic mass is 32.1. The van der Waals surface area contributed by atoms with Crippen molar-refractivity contribution in [3.63, 3.8) is 0 Å². The second kappa shape index (κ2) is 9.68. The van der Waals surface area contributed by atoms with Crippen LogP contribution in [0.2, 0.25) is 0 Å². The van der Waals surface area contributed by atoms with Crippen molar-refractivity contribution in [2.45, 2.75) is 5.41 Å². The molecule has 1 aliphatic carbocycles. The van der Waals surface area contributed by atoms with Crippen LogP contribution in [0.3, 0.4) is 0 Å². The maximum absolute atomic E-state index is 6.83. The second-order valence-corrected chi connectivity index (χ2v) is 13.1. The SMILES string of the molecule is c1ccc(N(c2ccccc2)c2cccc3c2sc2cc4c(cc23)Oc2ccccc2C42c3ccccc3-c3ccccc32)cc1. The molecular formula is C43H27NOS. The molecule has 0 saturated carbocycles. The smallest absolute Gasteiger partial charge is 0.132 e. The minimum Gasteiger partial charge on any atom is -0.457 e. The van der Waals surface area contributed by atoms with E-state index in [4.69, 9.17) is 4.74 Å². The molecule has 0 unspecified atom stereocenters. The average molecular weight is 606 g/mol. The summed E-state index contributed by atoms with van der Waals surface area (Å²) in [7, 11) is 0. The van der Waals surface area contributed by atoms with Crippen molar-refractivity contribution < 1.29 is 4.74 Å². The van der Waals surface area contributed by atoms with Gasteiger partial charge in [-0.3, -0.25) is 0 Å². The van der Waals surface area contributed by atoms with E-state index in [1.54, 1.807) is 0 Å². The summed E-state index contributed by atoms with van der Waals surface area (Å²) in [6.45, 7) is 0. The van der Waals surface area contributed by atoms with Crippen LogP contribution in [0.25, 0.3) is 31.3 Å². The zero-order valence-corrected chi connectivity index (χ0v) is 25.7. The van der Waals surface area contributed by atoms with E-state index < -0.39 is 5.41 Å². The first-order valence-electron chi connectivity index (χ1n) is 15.7. The average Bonchev–Trinajstić information content (AvgIpc) is 3.63. The van der Waals surface area contributed by atoms with E-state index in [-0.39, 0.29) is 0 Å². The number of ether oxygens (including phenoxy) is 1. The fourth-order valence-electron chi connectivity index (χ4n) is 7.89. The normalized spacial score (nSPS) is 13.6. The van der Waals surface area contributed by atoms with Gasteiger partial charge < -0.3 is 9.64 Å². The summed E-state index contributed by atoms with van der Waals surface area (Å²) in [6, 6.07) is 59.1. The van der Waals surface area contributed by atoms with Gasteiger partial charge in [-0.1, -0.05) is 115 Å². The molecule has 8 aromatic rings. The number of hydrogen-bond donors (Lipinski definition) is 0. The molecule has 2 nitrogen and oxygen atoms in total. The maximum Gasteiger partial charge on any atom is 0.132 e. The van der Waals surface area contributed by atoms with Crippen LogP contribution in [0.5, 0.6) is 11.5 Å². The number of thiophene rings is 1. The first-order valence-corrected chi connectivity index (χ1v) is 16.5. The van der Waals surface area contributed by atoms with Gasteiger partial charge in [0.25, 0.3) is 0 Å². The van der Waals surface area contributed by atoms with Crippen LogP contribution in [-0.2, 0) is 5.41 Å². The first kappa shape index (κ1) is 25.7.